The number of rotatable bonds is 6. The molecule has 0 aliphatic rings. The molecule has 0 aromatic rings. The van der Waals surface area contributed by atoms with Crippen LogP contribution in [-0.4, -0.2) is 24.0 Å². The maximum absolute atomic E-state index is 12.0. The van der Waals surface area contributed by atoms with Gasteiger partial charge in [-0.05, 0) is 33.6 Å². The molecule has 0 radical (unpaired) electrons. The molecule has 4 heteroatoms. The first-order chi connectivity index (χ1) is 8.20. The van der Waals surface area contributed by atoms with Crippen molar-refractivity contribution in [1.82, 2.24) is 5.32 Å². The first kappa shape index (κ1) is 16.9. The van der Waals surface area contributed by atoms with E-state index in [2.05, 4.69) is 5.32 Å². The first-order valence-corrected chi connectivity index (χ1v) is 6.71. The van der Waals surface area contributed by atoms with E-state index in [4.69, 9.17) is 4.74 Å². The predicted octanol–water partition coefficient (Wildman–Crippen LogP) is 3.30. The van der Waals surface area contributed by atoms with Gasteiger partial charge in [0, 0.05) is 18.4 Å². The SMILES string of the molecule is CCC(=O)C(CC)(CC)CNC(=O)OC(C)(C)C. The van der Waals surface area contributed by atoms with Crippen LogP contribution in [0.1, 0.15) is 60.8 Å². The van der Waals surface area contributed by atoms with Gasteiger partial charge in [0.25, 0.3) is 0 Å². The van der Waals surface area contributed by atoms with Crippen LogP contribution in [0.25, 0.3) is 0 Å². The fourth-order valence-corrected chi connectivity index (χ4v) is 1.92. The molecule has 0 saturated heterocycles. The van der Waals surface area contributed by atoms with Gasteiger partial charge in [0.05, 0.1) is 0 Å². The van der Waals surface area contributed by atoms with Crippen LogP contribution in [0.4, 0.5) is 4.79 Å². The van der Waals surface area contributed by atoms with Crippen molar-refractivity contribution in [2.24, 2.45) is 5.41 Å². The molecular weight excluding hydrogens is 230 g/mol. The molecular formula is C14H27NO3. The molecule has 1 N–H and O–H groups in total. The van der Waals surface area contributed by atoms with Gasteiger partial charge in [0.15, 0.2) is 0 Å². The Balaban J connectivity index is 4.54. The van der Waals surface area contributed by atoms with E-state index in [1.165, 1.54) is 0 Å². The molecule has 0 aromatic carbocycles. The standard InChI is InChI=1S/C14H27NO3/c1-7-11(16)14(8-2,9-3)10-15-12(17)18-13(4,5)6/h7-10H2,1-6H3,(H,15,17). The summed E-state index contributed by atoms with van der Waals surface area (Å²) in [7, 11) is 0. The molecule has 0 aromatic heterocycles. The van der Waals surface area contributed by atoms with E-state index in [9.17, 15) is 9.59 Å². The average Bonchev–Trinajstić information content (AvgIpc) is 2.28. The molecule has 106 valence electrons. The van der Waals surface area contributed by atoms with Gasteiger partial charge in [-0.2, -0.15) is 0 Å². The summed E-state index contributed by atoms with van der Waals surface area (Å²) in [5, 5.41) is 2.72. The maximum atomic E-state index is 12.0. The number of ether oxygens (including phenoxy) is 1. The smallest absolute Gasteiger partial charge is 0.407 e. The van der Waals surface area contributed by atoms with Gasteiger partial charge in [-0.25, -0.2) is 4.79 Å². The van der Waals surface area contributed by atoms with Crippen molar-refractivity contribution < 1.29 is 14.3 Å². The van der Waals surface area contributed by atoms with Crippen LogP contribution >= 0.6 is 0 Å². The zero-order chi connectivity index (χ0) is 14.4. The van der Waals surface area contributed by atoms with Gasteiger partial charge in [-0.1, -0.05) is 20.8 Å². The predicted molar refractivity (Wildman–Crippen MR) is 72.5 cm³/mol. The number of carbonyl (C=O) groups excluding carboxylic acids is 2. The Labute approximate surface area is 110 Å². The quantitative estimate of drug-likeness (QED) is 0.794. The normalized spacial score (nSPS) is 12.1. The molecule has 18 heavy (non-hydrogen) atoms. The van der Waals surface area contributed by atoms with Crippen LogP contribution in [0.5, 0.6) is 0 Å². The van der Waals surface area contributed by atoms with Crippen LogP contribution in [0.3, 0.4) is 0 Å². The van der Waals surface area contributed by atoms with Crippen molar-refractivity contribution in [2.75, 3.05) is 6.54 Å². The van der Waals surface area contributed by atoms with Crippen LogP contribution in [0.15, 0.2) is 0 Å². The Bertz CT molecular complexity index is 288. The number of ketones is 1. The number of hydrogen-bond donors (Lipinski definition) is 1. The molecule has 0 spiro atoms. The zero-order valence-electron chi connectivity index (χ0n) is 12.6. The molecule has 0 aliphatic heterocycles. The van der Waals surface area contributed by atoms with E-state index in [0.717, 1.165) is 12.8 Å². The molecule has 0 fully saturated rings. The second kappa shape index (κ2) is 6.76. The van der Waals surface area contributed by atoms with Crippen LogP contribution in [-0.2, 0) is 9.53 Å². The number of amides is 1. The van der Waals surface area contributed by atoms with Crippen molar-refractivity contribution >= 4 is 11.9 Å². The van der Waals surface area contributed by atoms with E-state index < -0.39 is 17.1 Å². The number of carbonyl (C=O) groups is 2. The molecule has 1 amide bonds. The zero-order valence-corrected chi connectivity index (χ0v) is 12.6. The van der Waals surface area contributed by atoms with Crippen molar-refractivity contribution in [1.29, 1.82) is 0 Å². The number of hydrogen-bond acceptors (Lipinski definition) is 3. The Morgan fingerprint density at radius 1 is 1.06 bits per heavy atom. The minimum atomic E-state index is -0.514. The van der Waals surface area contributed by atoms with Crippen molar-refractivity contribution in [3.05, 3.63) is 0 Å². The summed E-state index contributed by atoms with van der Waals surface area (Å²) >= 11 is 0. The van der Waals surface area contributed by atoms with Crippen LogP contribution in [0, 0.1) is 5.41 Å². The largest absolute Gasteiger partial charge is 0.444 e. The van der Waals surface area contributed by atoms with Crippen LogP contribution in [0.2, 0.25) is 0 Å². The molecule has 0 unspecified atom stereocenters. The average molecular weight is 257 g/mol. The lowest BCUT2D eigenvalue weighted by molar-refractivity contribution is -0.128. The summed E-state index contributed by atoms with van der Waals surface area (Å²) in [6.45, 7) is 11.6. The summed E-state index contributed by atoms with van der Waals surface area (Å²) in [4.78, 5) is 23.6. The fraction of sp³-hybridized carbons (Fsp3) is 0.857. The van der Waals surface area contributed by atoms with Gasteiger partial charge in [-0.15, -0.1) is 0 Å². The van der Waals surface area contributed by atoms with Gasteiger partial charge >= 0.3 is 6.09 Å². The van der Waals surface area contributed by atoms with Gasteiger partial charge in [0.1, 0.15) is 11.4 Å². The number of alkyl carbamates (subject to hydrolysis) is 1. The minimum Gasteiger partial charge on any atom is -0.444 e. The Morgan fingerprint density at radius 3 is 1.89 bits per heavy atom. The Kier molecular flexibility index (Phi) is 6.36. The minimum absolute atomic E-state index is 0.198. The highest BCUT2D eigenvalue weighted by Gasteiger charge is 2.34. The molecule has 0 saturated carbocycles. The molecule has 4 nitrogen and oxygen atoms in total. The van der Waals surface area contributed by atoms with E-state index in [0.29, 0.717) is 13.0 Å². The number of nitrogens with one attached hydrogen (secondary N) is 1. The third-order valence-corrected chi connectivity index (χ3v) is 3.24. The number of Topliss-reactive ketones (excluding diaryl/α,β-unsaturated/α-hetero) is 1. The third-order valence-electron chi connectivity index (χ3n) is 3.24. The maximum Gasteiger partial charge on any atom is 0.407 e. The lowest BCUT2D eigenvalue weighted by atomic mass is 9.77. The highest BCUT2D eigenvalue weighted by atomic mass is 16.6. The molecule has 0 bridgehead atoms. The van der Waals surface area contributed by atoms with Gasteiger partial charge < -0.3 is 10.1 Å². The van der Waals surface area contributed by atoms with E-state index >= 15 is 0 Å². The summed E-state index contributed by atoms with van der Waals surface area (Å²) in [5.74, 6) is 0.198. The summed E-state index contributed by atoms with van der Waals surface area (Å²) < 4.78 is 5.17. The topological polar surface area (TPSA) is 55.4 Å². The lowest BCUT2D eigenvalue weighted by Crippen LogP contribution is -2.43. The highest BCUT2D eigenvalue weighted by Crippen LogP contribution is 2.28. The molecule has 0 atom stereocenters. The summed E-state index contributed by atoms with van der Waals surface area (Å²) in [5.41, 5.74) is -0.967. The second-order valence-corrected chi connectivity index (χ2v) is 5.62. The Hall–Kier alpha value is -1.06. The van der Waals surface area contributed by atoms with Crippen molar-refractivity contribution in [3.8, 4) is 0 Å². The van der Waals surface area contributed by atoms with Crippen molar-refractivity contribution in [2.45, 2.75) is 66.4 Å². The lowest BCUT2D eigenvalue weighted by Gasteiger charge is -2.30. The molecule has 0 aliphatic carbocycles. The molecule has 0 heterocycles. The van der Waals surface area contributed by atoms with Gasteiger partial charge in [0.2, 0.25) is 0 Å². The van der Waals surface area contributed by atoms with E-state index in [1.54, 1.807) is 0 Å². The summed E-state index contributed by atoms with van der Waals surface area (Å²) in [6.07, 6.45) is 1.49. The third kappa shape index (κ3) is 5.07. The Morgan fingerprint density at radius 2 is 1.56 bits per heavy atom. The van der Waals surface area contributed by atoms with E-state index in [1.807, 2.05) is 41.5 Å². The first-order valence-electron chi connectivity index (χ1n) is 6.71. The monoisotopic (exact) mass is 257 g/mol. The van der Waals surface area contributed by atoms with Crippen LogP contribution < -0.4 is 5.32 Å². The highest BCUT2D eigenvalue weighted by molar-refractivity contribution is 5.85. The molecule has 0 rings (SSSR count). The fourth-order valence-electron chi connectivity index (χ4n) is 1.92. The second-order valence-electron chi connectivity index (χ2n) is 5.62. The summed E-state index contributed by atoms with van der Waals surface area (Å²) in [6, 6.07) is 0. The van der Waals surface area contributed by atoms with E-state index in [-0.39, 0.29) is 5.78 Å². The van der Waals surface area contributed by atoms with Gasteiger partial charge in [-0.3, -0.25) is 4.79 Å². The van der Waals surface area contributed by atoms with Crippen molar-refractivity contribution in [3.63, 3.8) is 0 Å².